The van der Waals surface area contributed by atoms with Crippen LogP contribution in [0.2, 0.25) is 25.7 Å². The van der Waals surface area contributed by atoms with E-state index in [1.54, 1.807) is 18.5 Å². The number of nitrogens with zero attached hydrogens (tertiary/aromatic N) is 3. The number of carbonyl (C=O) groups excluding carboxylic acids is 1. The van der Waals surface area contributed by atoms with Crippen LogP contribution in [-0.2, 0) is 11.5 Å². The fourth-order valence-corrected chi connectivity index (χ4v) is 3.44. The molecule has 6 nitrogen and oxygen atoms in total. The van der Waals surface area contributed by atoms with Crippen molar-refractivity contribution in [2.24, 2.45) is 0 Å². The number of ketones is 1. The van der Waals surface area contributed by atoms with E-state index in [-0.39, 0.29) is 5.78 Å². The number of aromatic nitrogens is 2. The highest BCUT2D eigenvalue weighted by Crippen LogP contribution is 2.28. The van der Waals surface area contributed by atoms with Crippen molar-refractivity contribution >= 4 is 30.6 Å². The number of hydrogen-bond donors (Lipinski definition) is 1. The lowest BCUT2D eigenvalue weighted by Crippen LogP contribution is -2.22. The third-order valence-corrected chi connectivity index (χ3v) is 5.84. The van der Waals surface area contributed by atoms with E-state index in [2.05, 4.69) is 29.9 Å². The Balaban J connectivity index is 2.35. The predicted molar refractivity (Wildman–Crippen MR) is 115 cm³/mol. The molecule has 0 aliphatic heterocycles. The summed E-state index contributed by atoms with van der Waals surface area (Å²) in [5.74, 6) is -0.0401. The number of ether oxygens (including phenoxy) is 1. The Morgan fingerprint density at radius 2 is 2.11 bits per heavy atom. The van der Waals surface area contributed by atoms with E-state index in [0.29, 0.717) is 12.3 Å². The van der Waals surface area contributed by atoms with E-state index >= 15 is 0 Å². The highest BCUT2D eigenvalue weighted by atomic mass is 28.3. The summed E-state index contributed by atoms with van der Waals surface area (Å²) in [7, 11) is 2.66. The van der Waals surface area contributed by atoms with Crippen LogP contribution in [0.5, 0.6) is 0 Å². The molecule has 7 heteroatoms. The first kappa shape index (κ1) is 21.2. The van der Waals surface area contributed by atoms with Crippen molar-refractivity contribution < 1.29 is 9.53 Å². The summed E-state index contributed by atoms with van der Waals surface area (Å²) in [4.78, 5) is 19.1. The lowest BCUT2D eigenvalue weighted by Gasteiger charge is -2.15. The smallest absolute Gasteiger partial charge is 0.189 e. The standard InChI is InChI=1S/C20H32N4O2Si/c1-7-21-17-8-10-22-20-19(17)16(18(25)9-11-23(2)3)14-24(20)15-26-12-13-27(4,5)6/h8-11,14H,7,12-13,15H2,1-6H3,(H,21,22). The van der Waals surface area contributed by atoms with Gasteiger partial charge in [0.25, 0.3) is 0 Å². The average molecular weight is 389 g/mol. The number of anilines is 1. The minimum atomic E-state index is -1.13. The van der Waals surface area contributed by atoms with Crippen molar-refractivity contribution in [3.8, 4) is 0 Å². The molecular formula is C20H32N4O2Si. The Bertz CT molecular complexity index is 806. The van der Waals surface area contributed by atoms with Gasteiger partial charge in [-0.15, -0.1) is 0 Å². The van der Waals surface area contributed by atoms with Gasteiger partial charge in [-0.25, -0.2) is 4.98 Å². The highest BCUT2D eigenvalue weighted by molar-refractivity contribution is 6.76. The zero-order valence-corrected chi connectivity index (χ0v) is 18.4. The molecule has 1 N–H and O–H groups in total. The van der Waals surface area contributed by atoms with E-state index in [1.165, 1.54) is 0 Å². The quantitative estimate of drug-likeness (QED) is 0.288. The minimum absolute atomic E-state index is 0.0401. The van der Waals surface area contributed by atoms with Gasteiger partial charge in [0.1, 0.15) is 12.4 Å². The summed E-state index contributed by atoms with van der Waals surface area (Å²) >= 11 is 0. The number of carbonyl (C=O) groups is 1. The molecule has 0 fully saturated rings. The molecule has 0 spiro atoms. The van der Waals surface area contributed by atoms with Crippen LogP contribution in [0.4, 0.5) is 5.69 Å². The van der Waals surface area contributed by atoms with E-state index in [1.807, 2.05) is 42.7 Å². The molecule has 27 heavy (non-hydrogen) atoms. The molecule has 2 aromatic rings. The first-order chi connectivity index (χ1) is 12.7. The number of hydrogen-bond acceptors (Lipinski definition) is 5. The number of pyridine rings is 1. The Morgan fingerprint density at radius 1 is 1.37 bits per heavy atom. The zero-order valence-electron chi connectivity index (χ0n) is 17.4. The molecule has 2 aromatic heterocycles. The van der Waals surface area contributed by atoms with Crippen molar-refractivity contribution in [2.75, 3.05) is 32.6 Å². The van der Waals surface area contributed by atoms with E-state index < -0.39 is 8.07 Å². The minimum Gasteiger partial charge on any atom is -0.385 e. The molecule has 0 radical (unpaired) electrons. The maximum Gasteiger partial charge on any atom is 0.189 e. The lowest BCUT2D eigenvalue weighted by molar-refractivity contribution is 0.0896. The van der Waals surface area contributed by atoms with Crippen LogP contribution in [0.25, 0.3) is 11.0 Å². The van der Waals surface area contributed by atoms with Crippen molar-refractivity contribution in [2.45, 2.75) is 39.3 Å². The monoisotopic (exact) mass is 388 g/mol. The van der Waals surface area contributed by atoms with E-state index in [4.69, 9.17) is 4.74 Å². The molecule has 2 heterocycles. The third kappa shape index (κ3) is 5.94. The summed E-state index contributed by atoms with van der Waals surface area (Å²) in [5, 5.41) is 4.18. The van der Waals surface area contributed by atoms with Crippen LogP contribution in [0.15, 0.2) is 30.7 Å². The molecular weight excluding hydrogens is 356 g/mol. The molecule has 0 aliphatic rings. The van der Waals surface area contributed by atoms with Crippen molar-refractivity contribution in [3.05, 3.63) is 36.3 Å². The molecule has 148 valence electrons. The van der Waals surface area contributed by atoms with Gasteiger partial charge in [0.2, 0.25) is 0 Å². The Morgan fingerprint density at radius 3 is 2.74 bits per heavy atom. The normalized spacial score (nSPS) is 12.1. The van der Waals surface area contributed by atoms with Gasteiger partial charge in [-0.2, -0.15) is 0 Å². The zero-order chi connectivity index (χ0) is 20.0. The summed E-state index contributed by atoms with van der Waals surface area (Å²) in [5.41, 5.74) is 2.33. The fraction of sp³-hybridized carbons (Fsp3) is 0.500. The molecule has 0 aliphatic carbocycles. The Hall–Kier alpha value is -2.12. The van der Waals surface area contributed by atoms with Crippen molar-refractivity contribution in [3.63, 3.8) is 0 Å². The predicted octanol–water partition coefficient (Wildman–Crippen LogP) is 4.04. The Kier molecular flexibility index (Phi) is 7.21. The first-order valence-corrected chi connectivity index (χ1v) is 13.1. The Labute approximate surface area is 163 Å². The van der Waals surface area contributed by atoms with Gasteiger partial charge in [0.15, 0.2) is 5.78 Å². The molecule has 0 amide bonds. The van der Waals surface area contributed by atoms with Crippen LogP contribution in [0.1, 0.15) is 17.3 Å². The van der Waals surface area contributed by atoms with Gasteiger partial charge in [-0.05, 0) is 19.0 Å². The van der Waals surface area contributed by atoms with Gasteiger partial charge < -0.3 is 19.5 Å². The number of nitrogens with one attached hydrogen (secondary N) is 1. The van der Waals surface area contributed by atoms with Crippen LogP contribution in [0.3, 0.4) is 0 Å². The second kappa shape index (κ2) is 9.19. The van der Waals surface area contributed by atoms with Gasteiger partial charge in [0, 0.05) is 65.7 Å². The van der Waals surface area contributed by atoms with Crippen LogP contribution in [0, 0.1) is 0 Å². The molecule has 0 saturated carbocycles. The number of rotatable bonds is 10. The fourth-order valence-electron chi connectivity index (χ4n) is 2.69. The molecule has 0 unspecified atom stereocenters. The summed E-state index contributed by atoms with van der Waals surface area (Å²) in [6, 6.07) is 3.02. The second-order valence-electron chi connectivity index (χ2n) is 8.09. The van der Waals surface area contributed by atoms with Crippen molar-refractivity contribution in [1.82, 2.24) is 14.5 Å². The topological polar surface area (TPSA) is 59.4 Å². The van der Waals surface area contributed by atoms with Gasteiger partial charge in [-0.1, -0.05) is 19.6 Å². The lowest BCUT2D eigenvalue weighted by atomic mass is 10.1. The second-order valence-corrected chi connectivity index (χ2v) is 13.7. The number of allylic oxidation sites excluding steroid dienone is 1. The van der Waals surface area contributed by atoms with Crippen LogP contribution < -0.4 is 5.32 Å². The van der Waals surface area contributed by atoms with Crippen LogP contribution in [-0.4, -0.2) is 55.6 Å². The van der Waals surface area contributed by atoms with Crippen molar-refractivity contribution in [1.29, 1.82) is 0 Å². The maximum atomic E-state index is 12.8. The average Bonchev–Trinajstić information content (AvgIpc) is 2.96. The highest BCUT2D eigenvalue weighted by Gasteiger charge is 2.18. The number of fused-ring (bicyclic) bond motifs is 1. The first-order valence-electron chi connectivity index (χ1n) is 9.41. The van der Waals surface area contributed by atoms with E-state index in [9.17, 15) is 4.79 Å². The summed E-state index contributed by atoms with van der Waals surface area (Å²) in [6.07, 6.45) is 6.98. The summed E-state index contributed by atoms with van der Waals surface area (Å²) in [6.45, 7) is 10.9. The van der Waals surface area contributed by atoms with Gasteiger partial charge in [0.05, 0.1) is 10.9 Å². The third-order valence-electron chi connectivity index (χ3n) is 4.14. The molecule has 0 atom stereocenters. The van der Waals surface area contributed by atoms with Crippen LogP contribution >= 0.6 is 0 Å². The molecule has 2 rings (SSSR count). The molecule has 0 bridgehead atoms. The largest absolute Gasteiger partial charge is 0.385 e. The van der Waals surface area contributed by atoms with E-state index in [0.717, 1.165) is 35.9 Å². The SMILES string of the molecule is CCNc1ccnc2c1c(C(=O)C=CN(C)C)cn2COCC[Si](C)(C)C. The molecule has 0 saturated heterocycles. The maximum absolute atomic E-state index is 12.8. The summed E-state index contributed by atoms with van der Waals surface area (Å²) < 4.78 is 7.82. The van der Waals surface area contributed by atoms with Gasteiger partial charge >= 0.3 is 0 Å². The molecule has 0 aromatic carbocycles. The van der Waals surface area contributed by atoms with Gasteiger partial charge in [-0.3, -0.25) is 4.79 Å².